The van der Waals surface area contributed by atoms with Crippen molar-refractivity contribution in [3.05, 3.63) is 72.4 Å². The second-order valence-electron chi connectivity index (χ2n) is 6.65. The number of hydrogen-bond acceptors (Lipinski definition) is 7. The van der Waals surface area contributed by atoms with Gasteiger partial charge in [-0.05, 0) is 35.9 Å². The van der Waals surface area contributed by atoms with Crippen LogP contribution in [-0.2, 0) is 4.79 Å². The second kappa shape index (κ2) is 10.5. The van der Waals surface area contributed by atoms with Crippen LogP contribution < -0.4 is 19.5 Å². The highest BCUT2D eigenvalue weighted by molar-refractivity contribution is 8.19. The van der Waals surface area contributed by atoms with E-state index in [9.17, 15) is 4.79 Å². The summed E-state index contributed by atoms with van der Waals surface area (Å²) in [4.78, 5) is 16.4. The van der Waals surface area contributed by atoms with Crippen molar-refractivity contribution in [3.8, 4) is 23.1 Å². The first-order valence-corrected chi connectivity index (χ1v) is 11.8. The zero-order chi connectivity index (χ0) is 21.5. The molecule has 1 N–H and O–H groups in total. The van der Waals surface area contributed by atoms with E-state index in [2.05, 4.69) is 22.4 Å². The topological polar surface area (TPSA) is 69.7 Å². The zero-order valence-electron chi connectivity index (χ0n) is 16.9. The van der Waals surface area contributed by atoms with E-state index < -0.39 is 0 Å². The Bertz CT molecular complexity index is 1010. The average molecular weight is 455 g/mol. The Hall–Kier alpha value is -2.84. The molecule has 1 amide bonds. The molecule has 0 bridgehead atoms. The third kappa shape index (κ3) is 6.08. The van der Waals surface area contributed by atoms with Gasteiger partial charge in [0.25, 0.3) is 5.91 Å². The smallest absolute Gasteiger partial charge is 0.262 e. The lowest BCUT2D eigenvalue weighted by atomic mass is 10.2. The fourth-order valence-electron chi connectivity index (χ4n) is 2.92. The Balaban J connectivity index is 1.25. The molecule has 0 radical (unpaired) electrons. The standard InChI is InChI=1S/C23H22N2O4S2/c1-27-19-3-2-4-20(13-19)29-22-10-7-17(14-24-22)25-21(26)15-28-18-8-5-16(6-9-18)23-30-11-12-31-23/h2-10,13-14,23H,11-12,15H2,1H3,(H,25,26). The second-order valence-corrected chi connectivity index (χ2v) is 9.37. The molecule has 1 fully saturated rings. The third-order valence-corrected chi connectivity index (χ3v) is 7.53. The molecule has 1 aliphatic heterocycles. The van der Waals surface area contributed by atoms with E-state index >= 15 is 0 Å². The highest BCUT2D eigenvalue weighted by atomic mass is 32.2. The van der Waals surface area contributed by atoms with Crippen molar-refractivity contribution in [1.82, 2.24) is 4.98 Å². The van der Waals surface area contributed by atoms with Gasteiger partial charge in [0.15, 0.2) is 6.61 Å². The molecule has 2 heterocycles. The molecule has 160 valence electrons. The van der Waals surface area contributed by atoms with Crippen LogP contribution in [0.2, 0.25) is 0 Å². The minimum atomic E-state index is -0.255. The third-order valence-electron chi connectivity index (χ3n) is 4.43. The summed E-state index contributed by atoms with van der Waals surface area (Å²) in [6.07, 6.45) is 1.54. The monoisotopic (exact) mass is 454 g/mol. The van der Waals surface area contributed by atoms with Crippen LogP contribution in [0.4, 0.5) is 5.69 Å². The van der Waals surface area contributed by atoms with E-state index in [-0.39, 0.29) is 12.5 Å². The Kier molecular flexibility index (Phi) is 7.22. The summed E-state index contributed by atoms with van der Waals surface area (Å²) in [7, 11) is 1.60. The van der Waals surface area contributed by atoms with Gasteiger partial charge >= 0.3 is 0 Å². The first-order valence-electron chi connectivity index (χ1n) is 9.73. The van der Waals surface area contributed by atoms with Gasteiger partial charge in [-0.3, -0.25) is 4.79 Å². The Morgan fingerprint density at radius 2 is 1.81 bits per heavy atom. The number of aromatic nitrogens is 1. The SMILES string of the molecule is COc1cccc(Oc2ccc(NC(=O)COc3ccc(C4SCCS4)cc3)cn2)c1. The Morgan fingerprint density at radius 1 is 1.03 bits per heavy atom. The van der Waals surface area contributed by atoms with Gasteiger partial charge in [-0.25, -0.2) is 4.98 Å². The number of amides is 1. The van der Waals surface area contributed by atoms with Crippen molar-refractivity contribution >= 4 is 35.1 Å². The predicted molar refractivity (Wildman–Crippen MR) is 126 cm³/mol. The molecular weight excluding hydrogens is 432 g/mol. The van der Waals surface area contributed by atoms with Crippen LogP contribution in [0.5, 0.6) is 23.1 Å². The van der Waals surface area contributed by atoms with Crippen molar-refractivity contribution in [1.29, 1.82) is 0 Å². The molecule has 4 rings (SSSR count). The van der Waals surface area contributed by atoms with Gasteiger partial charge < -0.3 is 19.5 Å². The van der Waals surface area contributed by atoms with Crippen molar-refractivity contribution in [2.24, 2.45) is 0 Å². The lowest BCUT2D eigenvalue weighted by Gasteiger charge is -2.11. The Labute approximate surface area is 189 Å². The van der Waals surface area contributed by atoms with Gasteiger partial charge in [-0.1, -0.05) is 18.2 Å². The largest absolute Gasteiger partial charge is 0.497 e. The van der Waals surface area contributed by atoms with Gasteiger partial charge in [0.1, 0.15) is 17.2 Å². The van der Waals surface area contributed by atoms with Gasteiger partial charge in [0.05, 0.1) is 23.6 Å². The molecule has 8 heteroatoms. The number of thioether (sulfide) groups is 2. The van der Waals surface area contributed by atoms with E-state index in [0.29, 0.717) is 33.4 Å². The molecular formula is C23H22N2O4S2. The summed E-state index contributed by atoms with van der Waals surface area (Å²) in [6, 6.07) is 18.6. The molecule has 0 atom stereocenters. The molecule has 2 aromatic carbocycles. The van der Waals surface area contributed by atoms with Gasteiger partial charge in [0, 0.05) is 23.6 Å². The van der Waals surface area contributed by atoms with Crippen molar-refractivity contribution < 1.29 is 19.0 Å². The first kappa shape index (κ1) is 21.4. The van der Waals surface area contributed by atoms with E-state index in [4.69, 9.17) is 14.2 Å². The number of anilines is 1. The molecule has 31 heavy (non-hydrogen) atoms. The number of pyridine rings is 1. The summed E-state index contributed by atoms with van der Waals surface area (Å²) in [5.74, 6) is 4.54. The molecule has 0 saturated carbocycles. The first-order chi connectivity index (χ1) is 15.2. The number of methoxy groups -OCH3 is 1. The predicted octanol–water partition coefficient (Wildman–Crippen LogP) is 5.38. The number of ether oxygens (including phenoxy) is 3. The van der Waals surface area contributed by atoms with Crippen LogP contribution in [-0.4, -0.2) is 36.1 Å². The minimum absolute atomic E-state index is 0.0751. The maximum Gasteiger partial charge on any atom is 0.262 e. The van der Waals surface area contributed by atoms with E-state index in [1.807, 2.05) is 53.9 Å². The lowest BCUT2D eigenvalue weighted by Crippen LogP contribution is -2.20. The maximum atomic E-state index is 12.2. The number of nitrogens with zero attached hydrogens (tertiary/aromatic N) is 1. The Morgan fingerprint density at radius 3 is 2.52 bits per heavy atom. The molecule has 6 nitrogen and oxygen atoms in total. The van der Waals surface area contributed by atoms with Gasteiger partial charge in [0.2, 0.25) is 5.88 Å². The summed E-state index contributed by atoms with van der Waals surface area (Å²) in [6.45, 7) is -0.0751. The summed E-state index contributed by atoms with van der Waals surface area (Å²) in [5, 5.41) is 2.77. The van der Waals surface area contributed by atoms with E-state index in [0.717, 1.165) is 0 Å². The van der Waals surface area contributed by atoms with E-state index in [1.165, 1.54) is 17.1 Å². The zero-order valence-corrected chi connectivity index (χ0v) is 18.6. The van der Waals surface area contributed by atoms with Gasteiger partial charge in [-0.2, -0.15) is 0 Å². The van der Waals surface area contributed by atoms with Crippen LogP contribution in [0, 0.1) is 0 Å². The maximum absolute atomic E-state index is 12.2. The van der Waals surface area contributed by atoms with Crippen LogP contribution in [0.3, 0.4) is 0 Å². The normalized spacial score (nSPS) is 13.6. The summed E-state index contributed by atoms with van der Waals surface area (Å²) in [5.41, 5.74) is 1.85. The number of rotatable bonds is 8. The average Bonchev–Trinajstić information content (AvgIpc) is 3.35. The fourth-order valence-corrected chi connectivity index (χ4v) is 5.78. The number of carbonyl (C=O) groups excluding carboxylic acids is 1. The molecule has 0 unspecified atom stereocenters. The van der Waals surface area contributed by atoms with E-state index in [1.54, 1.807) is 31.5 Å². The van der Waals surface area contributed by atoms with Gasteiger partial charge in [-0.15, -0.1) is 23.5 Å². The highest BCUT2D eigenvalue weighted by Gasteiger charge is 2.18. The quantitative estimate of drug-likeness (QED) is 0.490. The molecule has 3 aromatic rings. The molecule has 1 aliphatic rings. The summed E-state index contributed by atoms with van der Waals surface area (Å²) >= 11 is 3.92. The highest BCUT2D eigenvalue weighted by Crippen LogP contribution is 2.45. The van der Waals surface area contributed by atoms with Crippen molar-refractivity contribution in [2.75, 3.05) is 30.5 Å². The van der Waals surface area contributed by atoms with Crippen LogP contribution in [0.15, 0.2) is 66.9 Å². The number of nitrogens with one attached hydrogen (secondary N) is 1. The molecule has 1 aromatic heterocycles. The van der Waals surface area contributed by atoms with Crippen LogP contribution in [0.25, 0.3) is 0 Å². The van der Waals surface area contributed by atoms with Crippen LogP contribution in [0.1, 0.15) is 10.1 Å². The fraction of sp³-hybridized carbons (Fsp3) is 0.217. The molecule has 0 aliphatic carbocycles. The molecule has 1 saturated heterocycles. The minimum Gasteiger partial charge on any atom is -0.497 e. The van der Waals surface area contributed by atoms with Crippen LogP contribution >= 0.6 is 23.5 Å². The number of hydrogen-bond donors (Lipinski definition) is 1. The van der Waals surface area contributed by atoms with Crippen molar-refractivity contribution in [2.45, 2.75) is 4.58 Å². The summed E-state index contributed by atoms with van der Waals surface area (Å²) < 4.78 is 17.0. The lowest BCUT2D eigenvalue weighted by molar-refractivity contribution is -0.118. The number of benzene rings is 2. The molecule has 0 spiro atoms. The van der Waals surface area contributed by atoms with Crippen molar-refractivity contribution in [3.63, 3.8) is 0 Å². The number of carbonyl (C=O) groups is 1.